The van der Waals surface area contributed by atoms with Gasteiger partial charge in [-0.1, -0.05) is 23.7 Å². The number of hydrogen-bond donors (Lipinski definition) is 0. The lowest BCUT2D eigenvalue weighted by Gasteiger charge is -1.99. The lowest BCUT2D eigenvalue weighted by atomic mass is 10.1. The molecule has 0 fully saturated rings. The highest BCUT2D eigenvalue weighted by molar-refractivity contribution is 7.05. The number of benzene rings is 1. The molecule has 2 rings (SSSR count). The molecule has 4 heteroatoms. The van der Waals surface area contributed by atoms with E-state index in [1.807, 2.05) is 32.0 Å². The van der Waals surface area contributed by atoms with Gasteiger partial charge in [-0.05, 0) is 37.0 Å². The Balaban J connectivity index is 2.47. The zero-order valence-corrected chi connectivity index (χ0v) is 9.49. The molecule has 0 amide bonds. The Morgan fingerprint density at radius 1 is 1.29 bits per heavy atom. The fourth-order valence-corrected chi connectivity index (χ4v) is 1.82. The van der Waals surface area contributed by atoms with Gasteiger partial charge in [-0.25, -0.2) is 4.98 Å². The van der Waals surface area contributed by atoms with Crippen molar-refractivity contribution >= 4 is 23.1 Å². The van der Waals surface area contributed by atoms with Gasteiger partial charge in [0.1, 0.15) is 5.01 Å². The number of rotatable bonds is 1. The van der Waals surface area contributed by atoms with Gasteiger partial charge < -0.3 is 0 Å². The number of nitrogens with zero attached hydrogens (tertiary/aromatic N) is 2. The second-order valence-corrected chi connectivity index (χ2v) is 4.46. The van der Waals surface area contributed by atoms with Gasteiger partial charge in [0.25, 0.3) is 0 Å². The average Bonchev–Trinajstić information content (AvgIpc) is 2.57. The molecule has 0 aliphatic rings. The van der Waals surface area contributed by atoms with Gasteiger partial charge in [-0.2, -0.15) is 4.37 Å². The summed E-state index contributed by atoms with van der Waals surface area (Å²) < 4.78 is 4.23. The average molecular weight is 225 g/mol. The number of hydrogen-bond acceptors (Lipinski definition) is 3. The molecule has 1 aromatic heterocycles. The van der Waals surface area contributed by atoms with Gasteiger partial charge in [0.15, 0.2) is 5.82 Å². The van der Waals surface area contributed by atoms with Gasteiger partial charge in [-0.15, -0.1) is 0 Å². The molecule has 2 nitrogen and oxygen atoms in total. The molecule has 0 radical (unpaired) electrons. The van der Waals surface area contributed by atoms with Crippen LogP contribution in [0.15, 0.2) is 18.2 Å². The van der Waals surface area contributed by atoms with Crippen LogP contribution in [-0.2, 0) is 0 Å². The second-order valence-electron chi connectivity index (χ2n) is 3.10. The summed E-state index contributed by atoms with van der Waals surface area (Å²) in [5, 5.41) is 1.73. The van der Waals surface area contributed by atoms with Crippen LogP contribution in [0.1, 0.15) is 10.6 Å². The summed E-state index contributed by atoms with van der Waals surface area (Å²) in [6.07, 6.45) is 0. The molecule has 1 heterocycles. The summed E-state index contributed by atoms with van der Waals surface area (Å²) in [7, 11) is 0. The van der Waals surface area contributed by atoms with Crippen LogP contribution < -0.4 is 0 Å². The molecule has 0 N–H and O–H groups in total. The quantitative estimate of drug-likeness (QED) is 0.741. The van der Waals surface area contributed by atoms with E-state index in [0.29, 0.717) is 0 Å². The first-order valence-electron chi connectivity index (χ1n) is 4.23. The Morgan fingerprint density at radius 3 is 2.64 bits per heavy atom. The van der Waals surface area contributed by atoms with Crippen molar-refractivity contribution in [3.8, 4) is 11.4 Å². The molecule has 0 atom stereocenters. The van der Waals surface area contributed by atoms with Gasteiger partial charge >= 0.3 is 0 Å². The molecule has 1 aromatic carbocycles. The molecule has 0 saturated carbocycles. The third kappa shape index (κ3) is 1.79. The number of aryl methyl sites for hydroxylation is 2. The predicted octanol–water partition coefficient (Wildman–Crippen LogP) is 3.48. The van der Waals surface area contributed by atoms with Gasteiger partial charge in [-0.3, -0.25) is 0 Å². The minimum absolute atomic E-state index is 0.759. The van der Waals surface area contributed by atoms with E-state index in [0.717, 1.165) is 27.0 Å². The summed E-state index contributed by atoms with van der Waals surface area (Å²) >= 11 is 7.42. The third-order valence-electron chi connectivity index (χ3n) is 1.96. The van der Waals surface area contributed by atoms with Gasteiger partial charge in [0, 0.05) is 10.6 Å². The molecule has 0 aliphatic carbocycles. The standard InChI is InChI=1S/C10H9ClN2S/c1-6-3-4-8(5-9(6)11)10-12-7(2)14-13-10/h3-5H,1-2H3. The maximum Gasteiger partial charge on any atom is 0.173 e. The van der Waals surface area contributed by atoms with E-state index in [2.05, 4.69) is 9.36 Å². The van der Waals surface area contributed by atoms with Crippen molar-refractivity contribution in [2.45, 2.75) is 13.8 Å². The normalized spacial score (nSPS) is 10.5. The Kier molecular flexibility index (Phi) is 2.52. The van der Waals surface area contributed by atoms with Crippen LogP contribution in [-0.4, -0.2) is 9.36 Å². The van der Waals surface area contributed by atoms with E-state index in [4.69, 9.17) is 11.6 Å². The Morgan fingerprint density at radius 2 is 2.07 bits per heavy atom. The van der Waals surface area contributed by atoms with Crippen LogP contribution in [0.3, 0.4) is 0 Å². The van der Waals surface area contributed by atoms with Crippen molar-refractivity contribution in [1.29, 1.82) is 0 Å². The molecular weight excluding hydrogens is 216 g/mol. The van der Waals surface area contributed by atoms with Gasteiger partial charge in [0.2, 0.25) is 0 Å². The smallest absolute Gasteiger partial charge is 0.173 e. The molecule has 0 spiro atoms. The highest BCUT2D eigenvalue weighted by atomic mass is 35.5. The molecule has 14 heavy (non-hydrogen) atoms. The van der Waals surface area contributed by atoms with E-state index in [9.17, 15) is 0 Å². The fraction of sp³-hybridized carbons (Fsp3) is 0.200. The second kappa shape index (κ2) is 3.67. The Hall–Kier alpha value is -0.930. The zero-order chi connectivity index (χ0) is 10.1. The first kappa shape index (κ1) is 9.62. The Bertz CT molecular complexity index is 465. The number of halogens is 1. The monoisotopic (exact) mass is 224 g/mol. The minimum atomic E-state index is 0.759. The maximum absolute atomic E-state index is 6.02. The van der Waals surface area contributed by atoms with E-state index in [-0.39, 0.29) is 0 Å². The van der Waals surface area contributed by atoms with Crippen LogP contribution in [0.2, 0.25) is 5.02 Å². The van der Waals surface area contributed by atoms with Crippen molar-refractivity contribution in [2.24, 2.45) is 0 Å². The molecule has 0 saturated heterocycles. The highest BCUT2D eigenvalue weighted by Gasteiger charge is 2.05. The van der Waals surface area contributed by atoms with Crippen molar-refractivity contribution in [3.63, 3.8) is 0 Å². The SMILES string of the molecule is Cc1nc(-c2ccc(C)c(Cl)c2)ns1. The molecule has 0 bridgehead atoms. The predicted molar refractivity (Wildman–Crippen MR) is 59.8 cm³/mol. The molecule has 72 valence electrons. The lowest BCUT2D eigenvalue weighted by Crippen LogP contribution is -1.82. The first-order valence-corrected chi connectivity index (χ1v) is 5.39. The van der Waals surface area contributed by atoms with E-state index >= 15 is 0 Å². The summed E-state index contributed by atoms with van der Waals surface area (Å²) in [5.74, 6) is 0.759. The highest BCUT2D eigenvalue weighted by Crippen LogP contribution is 2.23. The summed E-state index contributed by atoms with van der Waals surface area (Å²) in [6, 6.07) is 5.87. The van der Waals surface area contributed by atoms with Crippen LogP contribution in [0.4, 0.5) is 0 Å². The van der Waals surface area contributed by atoms with Gasteiger partial charge in [0.05, 0.1) is 0 Å². The van der Waals surface area contributed by atoms with Crippen molar-refractivity contribution in [1.82, 2.24) is 9.36 Å². The molecule has 2 aromatic rings. The molecule has 0 aliphatic heterocycles. The maximum atomic E-state index is 6.02. The van der Waals surface area contributed by atoms with Crippen LogP contribution in [0, 0.1) is 13.8 Å². The summed E-state index contributed by atoms with van der Waals surface area (Å²) in [4.78, 5) is 4.30. The van der Waals surface area contributed by atoms with Crippen LogP contribution in [0.25, 0.3) is 11.4 Å². The minimum Gasteiger partial charge on any atom is -0.220 e. The van der Waals surface area contributed by atoms with E-state index in [1.165, 1.54) is 11.5 Å². The summed E-state index contributed by atoms with van der Waals surface area (Å²) in [5.41, 5.74) is 2.05. The van der Waals surface area contributed by atoms with Crippen molar-refractivity contribution in [3.05, 3.63) is 33.8 Å². The van der Waals surface area contributed by atoms with Crippen molar-refractivity contribution in [2.75, 3.05) is 0 Å². The fourth-order valence-electron chi connectivity index (χ4n) is 1.15. The Labute approximate surface area is 91.7 Å². The third-order valence-corrected chi connectivity index (χ3v) is 2.98. The molecular formula is C10H9ClN2S. The zero-order valence-electron chi connectivity index (χ0n) is 7.91. The number of aromatic nitrogens is 2. The molecule has 0 unspecified atom stereocenters. The van der Waals surface area contributed by atoms with Crippen LogP contribution >= 0.6 is 23.1 Å². The lowest BCUT2D eigenvalue weighted by molar-refractivity contribution is 1.25. The van der Waals surface area contributed by atoms with Crippen molar-refractivity contribution < 1.29 is 0 Å². The topological polar surface area (TPSA) is 25.8 Å². The van der Waals surface area contributed by atoms with E-state index < -0.39 is 0 Å². The first-order chi connectivity index (χ1) is 6.66. The van der Waals surface area contributed by atoms with E-state index in [1.54, 1.807) is 0 Å². The summed E-state index contributed by atoms with van der Waals surface area (Å²) in [6.45, 7) is 3.92. The largest absolute Gasteiger partial charge is 0.220 e. The van der Waals surface area contributed by atoms with Crippen LogP contribution in [0.5, 0.6) is 0 Å².